The molecule has 0 bridgehead atoms. The summed E-state index contributed by atoms with van der Waals surface area (Å²) in [4.78, 5) is 23.0. The Labute approximate surface area is 153 Å². The summed E-state index contributed by atoms with van der Waals surface area (Å²) in [6.45, 7) is 5.42. The molecule has 3 rings (SSSR count). The molecule has 6 heteroatoms. The van der Waals surface area contributed by atoms with Crippen molar-refractivity contribution in [1.82, 2.24) is 14.9 Å². The lowest BCUT2D eigenvalue weighted by Crippen LogP contribution is -2.42. The number of carbonyl (C=O) groups excluding carboxylic acids is 1. The SMILES string of the molecule is Cc1cc(CNc2ccc(C(=O)N3CCCCC3C)c(Cl)c2)ncn1. The average Bonchev–Trinajstić information content (AvgIpc) is 2.60. The van der Waals surface area contributed by atoms with E-state index < -0.39 is 0 Å². The Morgan fingerprint density at radius 2 is 2.16 bits per heavy atom. The summed E-state index contributed by atoms with van der Waals surface area (Å²) < 4.78 is 0. The van der Waals surface area contributed by atoms with Gasteiger partial charge in [-0.1, -0.05) is 11.6 Å². The number of rotatable bonds is 4. The topological polar surface area (TPSA) is 58.1 Å². The number of halogens is 1. The molecule has 1 saturated heterocycles. The minimum Gasteiger partial charge on any atom is -0.379 e. The third kappa shape index (κ3) is 4.28. The molecule has 0 saturated carbocycles. The average molecular weight is 359 g/mol. The predicted octanol–water partition coefficient (Wildman–Crippen LogP) is 4.07. The molecular formula is C19H23ClN4O. The Morgan fingerprint density at radius 1 is 1.32 bits per heavy atom. The van der Waals surface area contributed by atoms with Gasteiger partial charge in [0, 0.05) is 24.0 Å². The van der Waals surface area contributed by atoms with E-state index in [4.69, 9.17) is 11.6 Å². The van der Waals surface area contributed by atoms with Crippen molar-refractivity contribution in [1.29, 1.82) is 0 Å². The van der Waals surface area contributed by atoms with Gasteiger partial charge in [-0.2, -0.15) is 0 Å². The number of aromatic nitrogens is 2. The molecule has 0 radical (unpaired) electrons. The molecule has 1 unspecified atom stereocenters. The maximum atomic E-state index is 12.8. The molecular weight excluding hydrogens is 336 g/mol. The fourth-order valence-corrected chi connectivity index (χ4v) is 3.41. The van der Waals surface area contributed by atoms with Crippen molar-refractivity contribution < 1.29 is 4.79 Å². The van der Waals surface area contributed by atoms with Crippen LogP contribution in [0.5, 0.6) is 0 Å². The van der Waals surface area contributed by atoms with Gasteiger partial charge in [-0.15, -0.1) is 0 Å². The van der Waals surface area contributed by atoms with Crippen LogP contribution in [0.15, 0.2) is 30.6 Å². The maximum absolute atomic E-state index is 12.8. The quantitative estimate of drug-likeness (QED) is 0.895. The van der Waals surface area contributed by atoms with Crippen LogP contribution in [0.4, 0.5) is 5.69 Å². The molecule has 2 aromatic rings. The van der Waals surface area contributed by atoms with Crippen LogP contribution >= 0.6 is 11.6 Å². The molecule has 132 valence electrons. The van der Waals surface area contributed by atoms with Crippen molar-refractivity contribution in [2.45, 2.75) is 45.7 Å². The van der Waals surface area contributed by atoms with Gasteiger partial charge < -0.3 is 10.2 Å². The van der Waals surface area contributed by atoms with Crippen molar-refractivity contribution in [3.63, 3.8) is 0 Å². The highest BCUT2D eigenvalue weighted by Gasteiger charge is 2.25. The number of aryl methyl sites for hydroxylation is 1. The van der Waals surface area contributed by atoms with Crippen LogP contribution in [-0.4, -0.2) is 33.4 Å². The van der Waals surface area contributed by atoms with Gasteiger partial charge in [0.25, 0.3) is 5.91 Å². The number of piperidine rings is 1. The van der Waals surface area contributed by atoms with Gasteiger partial charge in [0.1, 0.15) is 6.33 Å². The van der Waals surface area contributed by atoms with Crippen molar-refractivity contribution in [2.75, 3.05) is 11.9 Å². The summed E-state index contributed by atoms with van der Waals surface area (Å²) >= 11 is 6.39. The van der Waals surface area contributed by atoms with Crippen LogP contribution in [0.3, 0.4) is 0 Å². The summed E-state index contributed by atoms with van der Waals surface area (Å²) in [5.74, 6) is 0.0233. The molecule has 25 heavy (non-hydrogen) atoms. The predicted molar refractivity (Wildman–Crippen MR) is 99.9 cm³/mol. The van der Waals surface area contributed by atoms with Gasteiger partial charge in [-0.25, -0.2) is 9.97 Å². The van der Waals surface area contributed by atoms with Gasteiger partial charge in [0.15, 0.2) is 0 Å². The minimum absolute atomic E-state index is 0.0233. The molecule has 1 fully saturated rings. The number of likely N-dealkylation sites (tertiary alicyclic amines) is 1. The molecule has 0 aliphatic carbocycles. The van der Waals surface area contributed by atoms with E-state index in [1.807, 2.05) is 24.0 Å². The van der Waals surface area contributed by atoms with E-state index in [0.717, 1.165) is 36.5 Å². The highest BCUT2D eigenvalue weighted by molar-refractivity contribution is 6.34. The van der Waals surface area contributed by atoms with Gasteiger partial charge in [-0.05, 0) is 57.4 Å². The van der Waals surface area contributed by atoms with Crippen LogP contribution < -0.4 is 5.32 Å². The summed E-state index contributed by atoms with van der Waals surface area (Å²) in [6, 6.07) is 7.71. The number of hydrogen-bond acceptors (Lipinski definition) is 4. The van der Waals surface area contributed by atoms with Crippen molar-refractivity contribution in [3.8, 4) is 0 Å². The summed E-state index contributed by atoms with van der Waals surface area (Å²) in [6.07, 6.45) is 4.86. The largest absolute Gasteiger partial charge is 0.379 e. The Morgan fingerprint density at radius 3 is 2.88 bits per heavy atom. The lowest BCUT2D eigenvalue weighted by molar-refractivity contribution is 0.0636. The van der Waals surface area contributed by atoms with Crippen LogP contribution in [0.25, 0.3) is 0 Å². The standard InChI is InChI=1S/C19H23ClN4O/c1-13-9-16(23-12-22-13)11-21-15-6-7-17(18(20)10-15)19(25)24-8-4-3-5-14(24)2/h6-7,9-10,12,14,21H,3-5,8,11H2,1-2H3. The number of nitrogens with one attached hydrogen (secondary N) is 1. The number of anilines is 1. The van der Waals surface area contributed by atoms with Gasteiger partial charge >= 0.3 is 0 Å². The number of hydrogen-bond donors (Lipinski definition) is 1. The number of benzene rings is 1. The van der Waals surface area contributed by atoms with E-state index in [-0.39, 0.29) is 11.9 Å². The number of nitrogens with zero attached hydrogens (tertiary/aromatic N) is 3. The van der Waals surface area contributed by atoms with E-state index in [9.17, 15) is 4.79 Å². The summed E-state index contributed by atoms with van der Waals surface area (Å²) in [5, 5.41) is 3.76. The van der Waals surface area contributed by atoms with Crippen LogP contribution in [0.1, 0.15) is 47.9 Å². The Kier molecular flexibility index (Phi) is 5.53. The molecule has 1 N–H and O–H groups in total. The molecule has 1 atom stereocenters. The molecule has 0 spiro atoms. The first-order valence-corrected chi connectivity index (χ1v) is 9.04. The lowest BCUT2D eigenvalue weighted by Gasteiger charge is -2.33. The molecule has 1 amide bonds. The lowest BCUT2D eigenvalue weighted by atomic mass is 10.0. The number of amides is 1. The first-order valence-electron chi connectivity index (χ1n) is 8.66. The van der Waals surface area contributed by atoms with Crippen molar-refractivity contribution in [3.05, 3.63) is 52.6 Å². The molecule has 1 aromatic heterocycles. The van der Waals surface area contributed by atoms with Gasteiger partial charge in [0.05, 0.1) is 22.8 Å². The Bertz CT molecular complexity index is 765. The van der Waals surface area contributed by atoms with Crippen LogP contribution in [0.2, 0.25) is 5.02 Å². The Balaban J connectivity index is 1.69. The molecule has 5 nitrogen and oxygen atoms in total. The number of carbonyl (C=O) groups is 1. The maximum Gasteiger partial charge on any atom is 0.255 e. The zero-order valence-corrected chi connectivity index (χ0v) is 15.4. The molecule has 1 aliphatic heterocycles. The van der Waals surface area contributed by atoms with E-state index >= 15 is 0 Å². The second-order valence-electron chi connectivity index (χ2n) is 6.54. The fourth-order valence-electron chi connectivity index (χ4n) is 3.15. The third-order valence-corrected chi connectivity index (χ3v) is 4.91. The van der Waals surface area contributed by atoms with E-state index in [1.165, 1.54) is 6.42 Å². The normalized spacial score (nSPS) is 17.4. The summed E-state index contributed by atoms with van der Waals surface area (Å²) in [7, 11) is 0. The van der Waals surface area contributed by atoms with Crippen LogP contribution in [0, 0.1) is 6.92 Å². The fraction of sp³-hybridized carbons (Fsp3) is 0.421. The summed E-state index contributed by atoms with van der Waals surface area (Å²) in [5.41, 5.74) is 3.27. The van der Waals surface area contributed by atoms with Crippen LogP contribution in [-0.2, 0) is 6.54 Å². The Hall–Kier alpha value is -2.14. The first-order chi connectivity index (χ1) is 12.0. The van der Waals surface area contributed by atoms with Crippen molar-refractivity contribution >= 4 is 23.2 Å². The van der Waals surface area contributed by atoms with E-state index in [2.05, 4.69) is 22.2 Å². The zero-order chi connectivity index (χ0) is 17.8. The monoisotopic (exact) mass is 358 g/mol. The van der Waals surface area contributed by atoms with Gasteiger partial charge in [0.2, 0.25) is 0 Å². The highest BCUT2D eigenvalue weighted by atomic mass is 35.5. The second kappa shape index (κ2) is 7.83. The minimum atomic E-state index is 0.0233. The third-order valence-electron chi connectivity index (χ3n) is 4.60. The van der Waals surface area contributed by atoms with Crippen molar-refractivity contribution in [2.24, 2.45) is 0 Å². The zero-order valence-electron chi connectivity index (χ0n) is 14.6. The van der Waals surface area contributed by atoms with Gasteiger partial charge in [-0.3, -0.25) is 4.79 Å². The smallest absolute Gasteiger partial charge is 0.255 e. The molecule has 2 heterocycles. The highest BCUT2D eigenvalue weighted by Crippen LogP contribution is 2.26. The van der Waals surface area contributed by atoms with E-state index in [1.54, 1.807) is 18.5 Å². The second-order valence-corrected chi connectivity index (χ2v) is 6.95. The van der Waals surface area contributed by atoms with E-state index in [0.29, 0.717) is 17.1 Å². The molecule has 1 aromatic carbocycles. The molecule has 1 aliphatic rings. The first kappa shape index (κ1) is 17.7.